The van der Waals surface area contributed by atoms with E-state index in [-0.39, 0.29) is 17.8 Å². The van der Waals surface area contributed by atoms with Crippen molar-refractivity contribution in [2.75, 3.05) is 0 Å². The summed E-state index contributed by atoms with van der Waals surface area (Å²) in [4.78, 5) is 20.3. The molecule has 2 N–H and O–H groups in total. The van der Waals surface area contributed by atoms with Gasteiger partial charge in [0.1, 0.15) is 10.8 Å². The van der Waals surface area contributed by atoms with E-state index in [1.54, 1.807) is 6.20 Å². The van der Waals surface area contributed by atoms with E-state index in [1.165, 1.54) is 11.3 Å². The Morgan fingerprint density at radius 2 is 2.39 bits per heavy atom. The summed E-state index contributed by atoms with van der Waals surface area (Å²) in [6, 6.07) is -0.0823. The van der Waals surface area contributed by atoms with Crippen LogP contribution in [0, 0.1) is 0 Å². The minimum Gasteiger partial charge on any atom is -0.340 e. The highest BCUT2D eigenvalue weighted by Crippen LogP contribution is 2.18. The number of nitrogens with zero attached hydrogens (tertiary/aromatic N) is 3. The van der Waals surface area contributed by atoms with E-state index in [9.17, 15) is 4.79 Å². The van der Waals surface area contributed by atoms with Gasteiger partial charge in [0.25, 0.3) is 5.91 Å². The second-order valence-corrected chi connectivity index (χ2v) is 4.69. The number of H-pyrrole nitrogens is 1. The Morgan fingerprint density at radius 1 is 1.56 bits per heavy atom. The topological polar surface area (TPSA) is 83.6 Å². The summed E-state index contributed by atoms with van der Waals surface area (Å²) in [5.74, 6) is 0.623. The predicted octanol–water partition coefficient (Wildman–Crippen LogP) is 1.70. The maximum absolute atomic E-state index is 12.0. The Bertz CT molecular complexity index is 507. The molecule has 2 aromatic rings. The number of carbonyl (C=O) groups is 1. The van der Waals surface area contributed by atoms with E-state index >= 15 is 0 Å². The van der Waals surface area contributed by atoms with Crippen molar-refractivity contribution in [3.63, 3.8) is 0 Å². The lowest BCUT2D eigenvalue weighted by Gasteiger charge is -2.12. The third-order valence-electron chi connectivity index (χ3n) is 2.53. The Kier molecular flexibility index (Phi) is 4.03. The lowest BCUT2D eigenvalue weighted by molar-refractivity contribution is 0.0925. The summed E-state index contributed by atoms with van der Waals surface area (Å²) in [6.45, 7) is 3.95. The monoisotopic (exact) mass is 265 g/mol. The predicted molar refractivity (Wildman–Crippen MR) is 68.4 cm³/mol. The van der Waals surface area contributed by atoms with Crippen LogP contribution in [0.2, 0.25) is 0 Å². The molecular formula is C11H15N5OS. The number of amides is 1. The quantitative estimate of drug-likeness (QED) is 0.862. The molecular weight excluding hydrogens is 250 g/mol. The molecule has 0 fully saturated rings. The molecule has 0 spiro atoms. The number of hydrogen-bond donors (Lipinski definition) is 2. The minimum absolute atomic E-state index is 0.0823. The van der Waals surface area contributed by atoms with Crippen LogP contribution in [-0.4, -0.2) is 26.1 Å². The molecule has 2 aromatic heterocycles. The van der Waals surface area contributed by atoms with E-state index in [1.807, 2.05) is 19.2 Å². The van der Waals surface area contributed by atoms with Gasteiger partial charge in [0.2, 0.25) is 5.82 Å². The van der Waals surface area contributed by atoms with Crippen molar-refractivity contribution in [1.82, 2.24) is 25.5 Å². The fourth-order valence-corrected chi connectivity index (χ4v) is 2.30. The number of rotatable bonds is 5. The smallest absolute Gasteiger partial charge is 0.291 e. The molecule has 1 amide bonds. The molecule has 0 aliphatic heterocycles. The van der Waals surface area contributed by atoms with Gasteiger partial charge in [-0.3, -0.25) is 9.89 Å². The van der Waals surface area contributed by atoms with E-state index in [0.29, 0.717) is 5.82 Å². The van der Waals surface area contributed by atoms with E-state index in [0.717, 1.165) is 17.8 Å². The number of aromatic amines is 1. The largest absolute Gasteiger partial charge is 0.340 e. The fourth-order valence-electron chi connectivity index (χ4n) is 1.52. The normalized spacial score (nSPS) is 12.3. The Labute approximate surface area is 109 Å². The molecule has 0 aromatic carbocycles. The van der Waals surface area contributed by atoms with Crippen LogP contribution in [0.15, 0.2) is 11.6 Å². The molecule has 0 bridgehead atoms. The molecule has 18 heavy (non-hydrogen) atoms. The number of thiazole rings is 1. The molecule has 2 heterocycles. The molecule has 6 nitrogen and oxygen atoms in total. The van der Waals surface area contributed by atoms with Crippen LogP contribution in [0.25, 0.3) is 0 Å². The van der Waals surface area contributed by atoms with Crippen molar-refractivity contribution < 1.29 is 4.79 Å². The van der Waals surface area contributed by atoms with Gasteiger partial charge < -0.3 is 5.32 Å². The second-order valence-electron chi connectivity index (χ2n) is 3.76. The van der Waals surface area contributed by atoms with Crippen LogP contribution in [0.5, 0.6) is 0 Å². The number of aromatic nitrogens is 4. The van der Waals surface area contributed by atoms with Crippen LogP contribution < -0.4 is 5.32 Å². The first-order chi connectivity index (χ1) is 8.74. The summed E-state index contributed by atoms with van der Waals surface area (Å²) in [5, 5.41) is 12.3. The number of aryl methyl sites for hydroxylation is 1. The van der Waals surface area contributed by atoms with Gasteiger partial charge in [0.05, 0.1) is 6.04 Å². The van der Waals surface area contributed by atoms with Gasteiger partial charge >= 0.3 is 0 Å². The maximum atomic E-state index is 12.0. The summed E-state index contributed by atoms with van der Waals surface area (Å²) < 4.78 is 0. The van der Waals surface area contributed by atoms with Gasteiger partial charge in [0, 0.05) is 18.0 Å². The van der Waals surface area contributed by atoms with Crippen molar-refractivity contribution in [1.29, 1.82) is 0 Å². The zero-order valence-corrected chi connectivity index (χ0v) is 11.1. The zero-order valence-electron chi connectivity index (χ0n) is 10.3. The molecule has 0 saturated heterocycles. The Morgan fingerprint density at radius 3 is 2.94 bits per heavy atom. The number of hydrogen-bond acceptors (Lipinski definition) is 5. The van der Waals surface area contributed by atoms with Crippen molar-refractivity contribution >= 4 is 17.2 Å². The van der Waals surface area contributed by atoms with Crippen molar-refractivity contribution in [3.8, 4) is 0 Å². The highest BCUT2D eigenvalue weighted by molar-refractivity contribution is 7.09. The van der Waals surface area contributed by atoms with Gasteiger partial charge in [-0.05, 0) is 6.42 Å². The molecule has 1 atom stereocenters. The van der Waals surface area contributed by atoms with Crippen molar-refractivity contribution in [2.24, 2.45) is 0 Å². The standard InChI is InChI=1S/C11H15N5OS/c1-3-7(11-12-5-6-18-11)13-10(17)9-14-8(4-2)15-16-9/h5-7H,3-4H2,1-2H3,(H,13,17)(H,14,15,16). The highest BCUT2D eigenvalue weighted by Gasteiger charge is 2.18. The average molecular weight is 265 g/mol. The molecule has 2 rings (SSSR count). The molecule has 96 valence electrons. The number of carbonyl (C=O) groups excluding carboxylic acids is 1. The maximum Gasteiger partial charge on any atom is 0.291 e. The molecule has 1 unspecified atom stereocenters. The van der Waals surface area contributed by atoms with Gasteiger partial charge in [0.15, 0.2) is 0 Å². The van der Waals surface area contributed by atoms with Crippen LogP contribution in [-0.2, 0) is 6.42 Å². The highest BCUT2D eigenvalue weighted by atomic mass is 32.1. The van der Waals surface area contributed by atoms with Crippen molar-refractivity contribution in [3.05, 3.63) is 28.2 Å². The SMILES string of the molecule is CCc1nc(C(=O)NC(CC)c2nccs2)n[nH]1. The van der Waals surface area contributed by atoms with E-state index in [2.05, 4.69) is 25.5 Å². The van der Waals surface area contributed by atoms with Gasteiger partial charge in [-0.15, -0.1) is 16.4 Å². The third-order valence-corrected chi connectivity index (χ3v) is 3.42. The Hall–Kier alpha value is -1.76. The van der Waals surface area contributed by atoms with Crippen LogP contribution in [0.4, 0.5) is 0 Å². The first kappa shape index (κ1) is 12.7. The van der Waals surface area contributed by atoms with Crippen LogP contribution >= 0.6 is 11.3 Å². The number of nitrogens with one attached hydrogen (secondary N) is 2. The van der Waals surface area contributed by atoms with Crippen LogP contribution in [0.3, 0.4) is 0 Å². The zero-order chi connectivity index (χ0) is 13.0. The van der Waals surface area contributed by atoms with E-state index < -0.39 is 0 Å². The summed E-state index contributed by atoms with van der Waals surface area (Å²) in [7, 11) is 0. The van der Waals surface area contributed by atoms with E-state index in [4.69, 9.17) is 0 Å². The Balaban J connectivity index is 2.06. The lowest BCUT2D eigenvalue weighted by atomic mass is 10.2. The summed E-state index contributed by atoms with van der Waals surface area (Å²) in [6.07, 6.45) is 3.24. The molecule has 7 heteroatoms. The molecule has 0 aliphatic carbocycles. The first-order valence-corrected chi connectivity index (χ1v) is 6.74. The second kappa shape index (κ2) is 5.72. The first-order valence-electron chi connectivity index (χ1n) is 5.86. The minimum atomic E-state index is -0.270. The third kappa shape index (κ3) is 2.73. The van der Waals surface area contributed by atoms with Gasteiger partial charge in [-0.1, -0.05) is 13.8 Å². The van der Waals surface area contributed by atoms with Gasteiger partial charge in [-0.2, -0.15) is 0 Å². The van der Waals surface area contributed by atoms with Gasteiger partial charge in [-0.25, -0.2) is 9.97 Å². The summed E-state index contributed by atoms with van der Waals surface area (Å²) in [5.41, 5.74) is 0. The van der Waals surface area contributed by atoms with Crippen molar-refractivity contribution in [2.45, 2.75) is 32.7 Å². The molecule has 0 saturated carbocycles. The molecule has 0 aliphatic rings. The lowest BCUT2D eigenvalue weighted by Crippen LogP contribution is -2.29. The fraction of sp³-hybridized carbons (Fsp3) is 0.455. The molecule has 0 radical (unpaired) electrons. The van der Waals surface area contributed by atoms with Crippen LogP contribution in [0.1, 0.15) is 47.8 Å². The summed E-state index contributed by atoms with van der Waals surface area (Å²) >= 11 is 1.53. The average Bonchev–Trinajstić information content (AvgIpc) is 3.05.